The van der Waals surface area contributed by atoms with E-state index >= 15 is 0 Å². The topological polar surface area (TPSA) is 0 Å². The normalized spacial score (nSPS) is 18.2. The lowest BCUT2D eigenvalue weighted by Crippen LogP contribution is -2.27. The van der Waals surface area contributed by atoms with Crippen LogP contribution in [0.2, 0.25) is 0 Å². The molecule has 0 unspecified atom stereocenters. The van der Waals surface area contributed by atoms with Gasteiger partial charge in [0.15, 0.2) is 0 Å². The van der Waals surface area contributed by atoms with Crippen LogP contribution >= 0.6 is 0 Å². The van der Waals surface area contributed by atoms with E-state index < -0.39 is 23.6 Å². The zero-order valence-electron chi connectivity index (χ0n) is 9.83. The fourth-order valence-electron chi connectivity index (χ4n) is 1.02. The summed E-state index contributed by atoms with van der Waals surface area (Å²) in [6.07, 6.45) is -4.55. The Hall–Kier alpha value is -0.140. The molecule has 0 spiro atoms. The van der Waals surface area contributed by atoms with Crippen LogP contribution in [0.15, 0.2) is 0 Å². The van der Waals surface area contributed by atoms with Crippen molar-refractivity contribution in [1.82, 2.24) is 0 Å². The van der Waals surface area contributed by atoms with E-state index in [1.807, 2.05) is 0 Å². The molecule has 11 heavy (non-hydrogen) atoms. The molecule has 0 aliphatic heterocycles. The second kappa shape index (κ2) is 3.08. The maximum Gasteiger partial charge on any atom is 0.243 e. The maximum absolute atomic E-state index is 12.6. The number of hydrogen-bond donors (Lipinski definition) is 0. The zero-order valence-corrected chi connectivity index (χ0v) is 7.83. The molecule has 2 heteroatoms. The average molecular weight is 166 g/mol. The van der Waals surface area contributed by atoms with E-state index in [0.717, 1.165) is 0 Å². The lowest BCUT2D eigenvalue weighted by molar-refractivity contribution is -0.00630. The highest BCUT2D eigenvalue weighted by Gasteiger charge is 2.33. The van der Waals surface area contributed by atoms with Gasteiger partial charge in [0.25, 0.3) is 0 Å². The van der Waals surface area contributed by atoms with Gasteiger partial charge in [-0.2, -0.15) is 0 Å². The summed E-state index contributed by atoms with van der Waals surface area (Å²) in [5, 5.41) is 0. The number of halogens is 2. The summed E-state index contributed by atoms with van der Waals surface area (Å²) in [6.45, 7) is 7.44. The summed E-state index contributed by atoms with van der Waals surface area (Å²) in [4.78, 5) is 0. The van der Waals surface area contributed by atoms with Gasteiger partial charge in [-0.25, -0.2) is 8.78 Å². The summed E-state index contributed by atoms with van der Waals surface area (Å²) < 4.78 is 40.6. The first-order chi connectivity index (χ1) is 5.44. The van der Waals surface area contributed by atoms with Gasteiger partial charge in [-0.1, -0.05) is 34.6 Å². The monoisotopic (exact) mass is 166 g/mol. The van der Waals surface area contributed by atoms with Crippen LogP contribution in [0.3, 0.4) is 0 Å². The molecule has 0 bridgehead atoms. The summed E-state index contributed by atoms with van der Waals surface area (Å²) in [6, 6.07) is 0. The van der Waals surface area contributed by atoms with Gasteiger partial charge in [-0.15, -0.1) is 0 Å². The van der Waals surface area contributed by atoms with Gasteiger partial charge >= 0.3 is 0 Å². The minimum atomic E-state index is -2.65. The molecule has 0 heterocycles. The molecule has 0 aliphatic rings. The second-order valence-corrected chi connectivity index (χ2v) is 4.40. The van der Waals surface area contributed by atoms with Crippen LogP contribution in [0.5, 0.6) is 0 Å². The maximum atomic E-state index is 12.6. The average Bonchev–Trinajstić information content (AvgIpc) is 1.84. The van der Waals surface area contributed by atoms with Crippen LogP contribution in [0.25, 0.3) is 0 Å². The third-order valence-electron chi connectivity index (χ3n) is 1.24. The highest BCUT2D eigenvalue weighted by atomic mass is 19.3. The molecule has 0 amide bonds. The van der Waals surface area contributed by atoms with Gasteiger partial charge in [0, 0.05) is 8.16 Å². The lowest BCUT2D eigenvalue weighted by atomic mass is 9.76. The van der Waals surface area contributed by atoms with Gasteiger partial charge in [0.2, 0.25) is 6.43 Å². The molecule has 0 nitrogen and oxygen atoms in total. The van der Waals surface area contributed by atoms with Crippen molar-refractivity contribution in [2.75, 3.05) is 0 Å². The summed E-state index contributed by atoms with van der Waals surface area (Å²) >= 11 is 0. The highest BCUT2D eigenvalue weighted by molar-refractivity contribution is 4.77. The Balaban J connectivity index is 5.04. The van der Waals surface area contributed by atoms with Crippen LogP contribution in [-0.2, 0) is 0 Å². The van der Waals surface area contributed by atoms with Crippen molar-refractivity contribution in [3.8, 4) is 0 Å². The predicted molar refractivity (Wildman–Crippen MR) is 43.9 cm³/mol. The van der Waals surface area contributed by atoms with Gasteiger partial charge < -0.3 is 0 Å². The molecule has 0 saturated carbocycles. The van der Waals surface area contributed by atoms with Crippen LogP contribution in [0, 0.1) is 10.8 Å². The first-order valence-corrected chi connectivity index (χ1v) is 3.73. The molecule has 0 atom stereocenters. The first kappa shape index (κ1) is 7.51. The molecule has 0 radical (unpaired) electrons. The van der Waals surface area contributed by atoms with Gasteiger partial charge in [-0.05, 0) is 11.8 Å². The van der Waals surface area contributed by atoms with E-state index in [0.29, 0.717) is 0 Å². The molecular weight excluding hydrogens is 146 g/mol. The third kappa shape index (κ3) is 4.33. The van der Waals surface area contributed by atoms with Crippen molar-refractivity contribution in [1.29, 1.82) is 0 Å². The van der Waals surface area contributed by atoms with Gasteiger partial charge in [0.1, 0.15) is 0 Å². The minimum Gasteiger partial charge on any atom is -0.210 e. The largest absolute Gasteiger partial charge is 0.243 e. The van der Waals surface area contributed by atoms with Gasteiger partial charge in [-0.3, -0.25) is 0 Å². The second-order valence-electron chi connectivity index (χ2n) is 4.40. The summed E-state index contributed by atoms with van der Waals surface area (Å²) in [7, 11) is 0. The Morgan fingerprint density at radius 1 is 1.18 bits per heavy atom. The summed E-state index contributed by atoms with van der Waals surface area (Å²) in [5.41, 5.74) is -2.40. The van der Waals surface area contributed by atoms with Crippen molar-refractivity contribution in [3.05, 3.63) is 0 Å². The molecular formula is C9H18F2. The standard InChI is InChI=1S/C9H18F2/c1-8(2,3)6-9(4,5)7(10)11/h7H,6H2,1-5H3/i6D2. The first-order valence-electron chi connectivity index (χ1n) is 4.73. The van der Waals surface area contributed by atoms with Crippen LogP contribution in [-0.4, -0.2) is 6.43 Å². The molecule has 0 aromatic heterocycles. The van der Waals surface area contributed by atoms with E-state index in [2.05, 4.69) is 0 Å². The summed E-state index contributed by atoms with van der Waals surface area (Å²) in [5.74, 6) is 0. The Morgan fingerprint density at radius 2 is 1.55 bits per heavy atom. The molecule has 68 valence electrons. The molecule has 0 fully saturated rings. The van der Waals surface area contributed by atoms with E-state index in [1.165, 1.54) is 13.8 Å². The smallest absolute Gasteiger partial charge is 0.210 e. The third-order valence-corrected chi connectivity index (χ3v) is 1.24. The van der Waals surface area contributed by atoms with Crippen molar-refractivity contribution in [2.45, 2.75) is 47.4 Å². The van der Waals surface area contributed by atoms with Gasteiger partial charge in [0.05, 0.1) is 0 Å². The van der Waals surface area contributed by atoms with Crippen molar-refractivity contribution >= 4 is 0 Å². The highest BCUT2D eigenvalue weighted by Crippen LogP contribution is 2.37. The lowest BCUT2D eigenvalue weighted by Gasteiger charge is -2.31. The number of alkyl halides is 2. The minimum absolute atomic E-state index is 0.785. The Labute approximate surface area is 70.8 Å². The fourth-order valence-corrected chi connectivity index (χ4v) is 1.02. The van der Waals surface area contributed by atoms with Crippen LogP contribution in [0.4, 0.5) is 8.78 Å². The SMILES string of the molecule is [2H]C([2H])(C(C)(C)C)C(C)(C)C(F)F. The zero-order chi connectivity index (χ0) is 11.1. The number of rotatable bonds is 2. The Kier molecular flexibility index (Phi) is 2.10. The van der Waals surface area contributed by atoms with E-state index in [-0.39, 0.29) is 0 Å². The van der Waals surface area contributed by atoms with E-state index in [4.69, 9.17) is 2.74 Å². The Morgan fingerprint density at radius 3 is 1.64 bits per heavy atom. The molecule has 0 aliphatic carbocycles. The van der Waals surface area contributed by atoms with Crippen molar-refractivity contribution in [3.63, 3.8) is 0 Å². The molecule has 0 N–H and O–H groups in total. The molecule has 0 aromatic carbocycles. The molecule has 0 rings (SSSR count). The molecule has 0 saturated heterocycles. The van der Waals surface area contributed by atoms with Crippen LogP contribution < -0.4 is 0 Å². The predicted octanol–water partition coefficient (Wildman–Crippen LogP) is 3.71. The fraction of sp³-hybridized carbons (Fsp3) is 1.00. The van der Waals surface area contributed by atoms with E-state index in [1.54, 1.807) is 20.8 Å². The molecule has 0 aromatic rings. The number of hydrogen-bond acceptors (Lipinski definition) is 0. The van der Waals surface area contributed by atoms with Crippen molar-refractivity contribution in [2.24, 2.45) is 10.8 Å². The quantitative estimate of drug-likeness (QED) is 0.586. The van der Waals surface area contributed by atoms with Crippen LogP contribution in [0.1, 0.15) is 43.7 Å². The van der Waals surface area contributed by atoms with Crippen molar-refractivity contribution < 1.29 is 11.5 Å². The Bertz CT molecular complexity index is 181. The van der Waals surface area contributed by atoms with E-state index in [9.17, 15) is 8.78 Å².